The lowest BCUT2D eigenvalue weighted by molar-refractivity contribution is -0.150. The Morgan fingerprint density at radius 1 is 1.26 bits per heavy atom. The molecule has 2 fully saturated rings. The maximum absolute atomic E-state index is 12.4. The number of unbranched alkanes of at least 4 members (excludes halogenated alkanes) is 1. The van der Waals surface area contributed by atoms with Crippen molar-refractivity contribution in [3.8, 4) is 0 Å². The third-order valence-electron chi connectivity index (χ3n) is 5.97. The van der Waals surface area contributed by atoms with Gasteiger partial charge in [0.1, 0.15) is 0 Å². The molecule has 2 bridgehead atoms. The summed E-state index contributed by atoms with van der Waals surface area (Å²) in [7, 11) is 3.69. The molecule has 0 unspecified atom stereocenters. The third-order valence-corrected chi connectivity index (χ3v) is 5.97. The van der Waals surface area contributed by atoms with Crippen LogP contribution in [0.2, 0.25) is 0 Å². The summed E-state index contributed by atoms with van der Waals surface area (Å²) in [6.07, 6.45) is 7.01. The van der Waals surface area contributed by atoms with Crippen LogP contribution in [0.1, 0.15) is 56.1 Å². The highest BCUT2D eigenvalue weighted by Crippen LogP contribution is 2.46. The minimum atomic E-state index is -0.0396. The molecule has 1 aromatic rings. The Morgan fingerprint density at radius 2 is 2.00 bits per heavy atom. The number of esters is 1. The van der Waals surface area contributed by atoms with Crippen LogP contribution in [-0.4, -0.2) is 37.1 Å². The van der Waals surface area contributed by atoms with Crippen LogP contribution in [0.4, 0.5) is 0 Å². The van der Waals surface area contributed by atoms with Crippen molar-refractivity contribution in [2.75, 3.05) is 14.2 Å². The van der Waals surface area contributed by atoms with Gasteiger partial charge in [0.15, 0.2) is 0 Å². The number of ether oxygens (including phenoxy) is 1. The number of hydrogen-bond donors (Lipinski definition) is 0. The zero-order valence-electron chi connectivity index (χ0n) is 14.6. The third kappa shape index (κ3) is 3.16. The van der Waals surface area contributed by atoms with Crippen molar-refractivity contribution < 1.29 is 9.53 Å². The Bertz CT molecular complexity index is 539. The summed E-state index contributed by atoms with van der Waals surface area (Å²) < 4.78 is 5.15. The van der Waals surface area contributed by atoms with E-state index in [2.05, 4.69) is 43.1 Å². The molecule has 0 spiro atoms. The van der Waals surface area contributed by atoms with Crippen molar-refractivity contribution in [3.63, 3.8) is 0 Å². The van der Waals surface area contributed by atoms with Gasteiger partial charge in [0.2, 0.25) is 0 Å². The lowest BCUT2D eigenvalue weighted by Crippen LogP contribution is -2.49. The first kappa shape index (κ1) is 16.5. The van der Waals surface area contributed by atoms with Gasteiger partial charge >= 0.3 is 5.97 Å². The van der Waals surface area contributed by atoms with E-state index in [1.165, 1.54) is 37.5 Å². The van der Waals surface area contributed by atoms with Gasteiger partial charge in [-0.05, 0) is 50.3 Å². The first-order valence-electron chi connectivity index (χ1n) is 9.04. The molecule has 2 aliphatic rings. The van der Waals surface area contributed by atoms with Crippen LogP contribution < -0.4 is 0 Å². The van der Waals surface area contributed by atoms with Gasteiger partial charge in [-0.25, -0.2) is 0 Å². The van der Waals surface area contributed by atoms with Crippen molar-refractivity contribution in [2.45, 2.75) is 63.5 Å². The van der Waals surface area contributed by atoms with Crippen LogP contribution in [0.15, 0.2) is 24.3 Å². The van der Waals surface area contributed by atoms with Crippen LogP contribution in [0.25, 0.3) is 0 Å². The molecule has 0 aromatic heterocycles. The SMILES string of the molecule is CCCCc1ccc([C@H]2C[C@@H]3CC[C@H]([C@H]2C(=O)OC)N3C)cc1. The highest BCUT2D eigenvalue weighted by molar-refractivity contribution is 5.75. The smallest absolute Gasteiger partial charge is 0.310 e. The summed E-state index contributed by atoms with van der Waals surface area (Å²) in [4.78, 5) is 14.9. The van der Waals surface area contributed by atoms with Crippen LogP contribution in [0.5, 0.6) is 0 Å². The molecule has 0 N–H and O–H groups in total. The van der Waals surface area contributed by atoms with Crippen molar-refractivity contribution in [3.05, 3.63) is 35.4 Å². The molecule has 1 aromatic carbocycles. The lowest BCUT2D eigenvalue weighted by atomic mass is 9.76. The number of carbonyl (C=O) groups is 1. The number of benzene rings is 1. The average molecular weight is 315 g/mol. The number of rotatable bonds is 5. The molecule has 3 rings (SSSR count). The minimum Gasteiger partial charge on any atom is -0.469 e. The van der Waals surface area contributed by atoms with Crippen LogP contribution in [0, 0.1) is 5.92 Å². The van der Waals surface area contributed by atoms with Gasteiger partial charge < -0.3 is 4.74 Å². The summed E-state index contributed by atoms with van der Waals surface area (Å²) in [5, 5.41) is 0. The first-order valence-corrected chi connectivity index (χ1v) is 9.04. The number of nitrogens with zero attached hydrogens (tertiary/aromatic N) is 1. The van der Waals surface area contributed by atoms with E-state index in [4.69, 9.17) is 4.74 Å². The van der Waals surface area contributed by atoms with E-state index in [0.29, 0.717) is 18.0 Å². The monoisotopic (exact) mass is 315 g/mol. The molecular weight excluding hydrogens is 286 g/mol. The zero-order valence-corrected chi connectivity index (χ0v) is 14.6. The topological polar surface area (TPSA) is 29.5 Å². The maximum atomic E-state index is 12.4. The van der Waals surface area contributed by atoms with Crippen molar-refractivity contribution in [1.82, 2.24) is 4.90 Å². The van der Waals surface area contributed by atoms with Gasteiger partial charge in [0, 0.05) is 18.0 Å². The Balaban J connectivity index is 1.83. The van der Waals surface area contributed by atoms with E-state index in [0.717, 1.165) is 19.3 Å². The molecular formula is C20H29NO2. The normalized spacial score (nSPS) is 30.4. The Hall–Kier alpha value is -1.35. The van der Waals surface area contributed by atoms with E-state index >= 15 is 0 Å². The average Bonchev–Trinajstić information content (AvgIpc) is 2.82. The fraction of sp³-hybridized carbons (Fsp3) is 0.650. The summed E-state index contributed by atoms with van der Waals surface area (Å²) in [6.45, 7) is 2.23. The van der Waals surface area contributed by atoms with Gasteiger partial charge in [-0.3, -0.25) is 9.69 Å². The minimum absolute atomic E-state index is 0.0229. The zero-order chi connectivity index (χ0) is 16.4. The Kier molecular flexibility index (Phi) is 5.05. The molecule has 4 atom stereocenters. The molecule has 23 heavy (non-hydrogen) atoms. The number of aryl methyl sites for hydroxylation is 1. The summed E-state index contributed by atoms with van der Waals surface area (Å²) in [6, 6.07) is 9.95. The van der Waals surface area contributed by atoms with E-state index < -0.39 is 0 Å². The predicted octanol–water partition coefficient (Wildman–Crippen LogP) is 3.77. The second-order valence-corrected chi connectivity index (χ2v) is 7.20. The highest BCUT2D eigenvalue weighted by atomic mass is 16.5. The van der Waals surface area contributed by atoms with Crippen molar-refractivity contribution >= 4 is 5.97 Å². The molecule has 126 valence electrons. The molecule has 2 saturated heterocycles. The van der Waals surface area contributed by atoms with Gasteiger partial charge in [-0.2, -0.15) is 0 Å². The molecule has 2 aliphatic heterocycles. The Labute approximate surface area is 140 Å². The number of piperidine rings is 1. The fourth-order valence-electron chi connectivity index (χ4n) is 4.58. The molecule has 0 saturated carbocycles. The van der Waals surface area contributed by atoms with Crippen LogP contribution >= 0.6 is 0 Å². The highest BCUT2D eigenvalue weighted by Gasteiger charge is 2.49. The second kappa shape index (κ2) is 7.04. The molecule has 3 heteroatoms. The van der Waals surface area contributed by atoms with Crippen LogP contribution in [0.3, 0.4) is 0 Å². The summed E-state index contributed by atoms with van der Waals surface area (Å²) in [5.74, 6) is 0.240. The maximum Gasteiger partial charge on any atom is 0.310 e. The molecule has 0 aliphatic carbocycles. The molecule has 0 amide bonds. The Morgan fingerprint density at radius 3 is 2.65 bits per heavy atom. The number of hydrogen-bond acceptors (Lipinski definition) is 3. The molecule has 3 nitrogen and oxygen atoms in total. The predicted molar refractivity (Wildman–Crippen MR) is 92.5 cm³/mol. The van der Waals surface area contributed by atoms with E-state index in [1.54, 1.807) is 0 Å². The molecule has 0 radical (unpaired) electrons. The first-order chi connectivity index (χ1) is 11.2. The van der Waals surface area contributed by atoms with E-state index in [-0.39, 0.29) is 11.9 Å². The quantitative estimate of drug-likeness (QED) is 0.775. The van der Waals surface area contributed by atoms with Gasteiger partial charge in [0.25, 0.3) is 0 Å². The van der Waals surface area contributed by atoms with E-state index in [9.17, 15) is 4.79 Å². The lowest BCUT2D eigenvalue weighted by Gasteiger charge is -2.41. The van der Waals surface area contributed by atoms with E-state index in [1.807, 2.05) is 0 Å². The standard InChI is InChI=1S/C20H29NO2/c1-4-5-6-14-7-9-15(10-8-14)17-13-16-11-12-18(21(16)2)19(17)20(22)23-3/h7-10,16-19H,4-6,11-13H2,1-3H3/t16-,17+,18+,19-/m0/s1. The molecule has 2 heterocycles. The van der Waals surface area contributed by atoms with Crippen molar-refractivity contribution in [2.24, 2.45) is 5.92 Å². The number of fused-ring (bicyclic) bond motifs is 2. The largest absolute Gasteiger partial charge is 0.469 e. The summed E-state index contributed by atoms with van der Waals surface area (Å²) >= 11 is 0. The fourth-order valence-corrected chi connectivity index (χ4v) is 4.58. The van der Waals surface area contributed by atoms with Crippen molar-refractivity contribution in [1.29, 1.82) is 0 Å². The number of methoxy groups -OCH3 is 1. The van der Waals surface area contributed by atoms with Crippen LogP contribution in [-0.2, 0) is 16.0 Å². The van der Waals surface area contributed by atoms with Gasteiger partial charge in [-0.1, -0.05) is 37.6 Å². The van der Waals surface area contributed by atoms with Gasteiger partial charge in [0.05, 0.1) is 13.0 Å². The van der Waals surface area contributed by atoms with Gasteiger partial charge in [-0.15, -0.1) is 0 Å². The number of carbonyl (C=O) groups excluding carboxylic acids is 1. The summed E-state index contributed by atoms with van der Waals surface area (Å²) in [5.41, 5.74) is 2.71. The second-order valence-electron chi connectivity index (χ2n) is 7.20.